The summed E-state index contributed by atoms with van der Waals surface area (Å²) in [5.74, 6) is -40.6. The average molecular weight is 474 g/mol. The van der Waals surface area contributed by atoms with Gasteiger partial charge in [0, 0.05) is 19.4 Å². The van der Waals surface area contributed by atoms with Crippen molar-refractivity contribution in [2.24, 2.45) is 0 Å². The zero-order valence-electron chi connectivity index (χ0n) is 15.6. The Labute approximate surface area is 162 Å². The lowest BCUT2D eigenvalue weighted by Gasteiger charge is -2.41. The molecule has 0 amide bonds. The van der Waals surface area contributed by atoms with Gasteiger partial charge in [-0.25, -0.2) is 0 Å². The molecular formula is C15H22F12OSi. The Morgan fingerprint density at radius 3 is 1.38 bits per heavy atom. The number of alkyl halides is 12. The van der Waals surface area contributed by atoms with Crippen LogP contribution in [-0.4, -0.2) is 51.9 Å². The first-order valence-corrected chi connectivity index (χ1v) is 10.3. The quantitative estimate of drug-likeness (QED) is 0.163. The van der Waals surface area contributed by atoms with Crippen molar-refractivity contribution in [3.05, 3.63) is 0 Å². The number of hydrogen-bond acceptors (Lipinski definition) is 1. The van der Waals surface area contributed by atoms with Gasteiger partial charge in [0.25, 0.3) is 0 Å². The van der Waals surface area contributed by atoms with Crippen LogP contribution < -0.4 is 0 Å². The minimum Gasteiger partial charge on any atom is -0.424 e. The highest BCUT2D eigenvalue weighted by Crippen LogP contribution is 2.61. The number of halogens is 12. The first-order chi connectivity index (χ1) is 12.9. The van der Waals surface area contributed by atoms with Crippen molar-refractivity contribution in [1.29, 1.82) is 0 Å². The smallest absolute Gasteiger partial charge is 0.384 e. The van der Waals surface area contributed by atoms with E-state index < -0.39 is 70.6 Å². The van der Waals surface area contributed by atoms with E-state index in [4.69, 9.17) is 0 Å². The molecule has 0 aromatic carbocycles. The van der Waals surface area contributed by atoms with Gasteiger partial charge in [-0.2, -0.15) is 52.7 Å². The molecule has 0 heterocycles. The van der Waals surface area contributed by atoms with Gasteiger partial charge in [-0.15, -0.1) is 0 Å². The SMILES string of the molecule is CCCCCC(F)(F)C(F)(F)C(F)(F)C(F)(F)C(F)(F)C(F)(F)CC[SiH2]OCC. The lowest BCUT2D eigenvalue weighted by atomic mass is 9.89. The molecule has 14 heteroatoms. The second-order valence-corrected chi connectivity index (χ2v) is 7.99. The first-order valence-electron chi connectivity index (χ1n) is 8.72. The number of unbranched alkanes of at least 4 members (excludes halogenated alkanes) is 2. The molecular weight excluding hydrogens is 452 g/mol. The third-order valence-electron chi connectivity index (χ3n) is 4.18. The molecule has 0 atom stereocenters. The second-order valence-electron chi connectivity index (χ2n) is 6.46. The van der Waals surface area contributed by atoms with Crippen LogP contribution in [0.2, 0.25) is 6.04 Å². The van der Waals surface area contributed by atoms with E-state index >= 15 is 0 Å². The van der Waals surface area contributed by atoms with Crippen LogP contribution in [0.1, 0.15) is 46.0 Å². The molecule has 0 aliphatic rings. The maximum absolute atomic E-state index is 13.7. The van der Waals surface area contributed by atoms with Crippen molar-refractivity contribution < 1.29 is 57.1 Å². The van der Waals surface area contributed by atoms with Crippen molar-refractivity contribution in [2.75, 3.05) is 6.61 Å². The fraction of sp³-hybridized carbons (Fsp3) is 1.00. The van der Waals surface area contributed by atoms with Crippen LogP contribution in [0, 0.1) is 0 Å². The van der Waals surface area contributed by atoms with Crippen LogP contribution in [0.3, 0.4) is 0 Å². The molecule has 0 fully saturated rings. The summed E-state index contributed by atoms with van der Waals surface area (Å²) in [6, 6.07) is -0.859. The minimum atomic E-state index is -7.46. The molecule has 0 saturated carbocycles. The molecule has 1 nitrogen and oxygen atoms in total. The van der Waals surface area contributed by atoms with E-state index in [2.05, 4.69) is 4.43 Å². The Bertz CT molecular complexity index is 510. The predicted molar refractivity (Wildman–Crippen MR) is 83.4 cm³/mol. The number of hydrogen-bond donors (Lipinski definition) is 0. The molecule has 0 spiro atoms. The van der Waals surface area contributed by atoms with Crippen LogP contribution in [0.15, 0.2) is 0 Å². The highest BCUT2D eigenvalue weighted by Gasteiger charge is 2.89. The van der Waals surface area contributed by atoms with Gasteiger partial charge in [0.1, 0.15) is 0 Å². The maximum Gasteiger partial charge on any atom is 0.384 e. The maximum atomic E-state index is 13.7. The van der Waals surface area contributed by atoms with Crippen molar-refractivity contribution in [3.63, 3.8) is 0 Å². The van der Waals surface area contributed by atoms with E-state index in [0.29, 0.717) is 0 Å². The van der Waals surface area contributed by atoms with Gasteiger partial charge in [-0.3, -0.25) is 0 Å². The van der Waals surface area contributed by atoms with E-state index in [1.54, 1.807) is 0 Å². The van der Waals surface area contributed by atoms with Crippen molar-refractivity contribution in [1.82, 2.24) is 0 Å². The summed E-state index contributed by atoms with van der Waals surface area (Å²) < 4.78 is 168. The average Bonchev–Trinajstić information content (AvgIpc) is 2.58. The molecule has 0 aliphatic heterocycles. The zero-order valence-corrected chi connectivity index (χ0v) is 17.0. The Morgan fingerprint density at radius 1 is 0.586 bits per heavy atom. The summed E-state index contributed by atoms with van der Waals surface area (Å²) in [5.41, 5.74) is 0. The predicted octanol–water partition coefficient (Wildman–Crippen LogP) is 6.31. The third kappa shape index (κ3) is 5.34. The van der Waals surface area contributed by atoms with Crippen LogP contribution in [0.25, 0.3) is 0 Å². The summed E-state index contributed by atoms with van der Waals surface area (Å²) in [6.45, 7) is 2.84. The summed E-state index contributed by atoms with van der Waals surface area (Å²) in [6.07, 6.45) is -4.86. The summed E-state index contributed by atoms with van der Waals surface area (Å²) in [4.78, 5) is 0. The summed E-state index contributed by atoms with van der Waals surface area (Å²) in [7, 11) is -1.88. The molecule has 0 aromatic heterocycles. The van der Waals surface area contributed by atoms with Gasteiger partial charge in [-0.05, 0) is 19.4 Å². The highest BCUT2D eigenvalue weighted by molar-refractivity contribution is 6.27. The molecule has 0 aromatic rings. The van der Waals surface area contributed by atoms with E-state index in [0.717, 1.165) is 0 Å². The Balaban J connectivity index is 5.84. The normalized spacial score (nSPS) is 15.5. The lowest BCUT2D eigenvalue weighted by molar-refractivity contribution is -0.425. The summed E-state index contributed by atoms with van der Waals surface area (Å²) in [5, 5.41) is 0. The Hall–Kier alpha value is -0.663. The molecule has 0 aliphatic carbocycles. The van der Waals surface area contributed by atoms with Crippen molar-refractivity contribution >= 4 is 9.76 Å². The molecule has 0 unspecified atom stereocenters. The molecule has 0 bridgehead atoms. The first kappa shape index (κ1) is 28.3. The number of rotatable bonds is 14. The summed E-state index contributed by atoms with van der Waals surface area (Å²) >= 11 is 0. The van der Waals surface area contributed by atoms with Crippen LogP contribution in [0.4, 0.5) is 52.7 Å². The standard InChI is InChI=1S/C15H22F12OSi/c1-3-5-6-7-10(16,17)12(20,21)14(24,25)15(26,27)13(22,23)11(18,19)8-9-29-28-4-2/h3-9,29H2,1-2H3. The molecule has 0 N–H and O–H groups in total. The molecule has 176 valence electrons. The molecule has 0 radical (unpaired) electrons. The van der Waals surface area contributed by atoms with Crippen LogP contribution >= 0.6 is 0 Å². The van der Waals surface area contributed by atoms with E-state index in [-0.39, 0.29) is 19.4 Å². The van der Waals surface area contributed by atoms with Gasteiger partial charge >= 0.3 is 35.5 Å². The topological polar surface area (TPSA) is 9.23 Å². The fourth-order valence-corrected chi connectivity index (χ4v) is 3.39. The third-order valence-corrected chi connectivity index (χ3v) is 5.52. The Morgan fingerprint density at radius 2 is 1.00 bits per heavy atom. The minimum absolute atomic E-state index is 0.00174. The van der Waals surface area contributed by atoms with Gasteiger partial charge in [0.15, 0.2) is 9.76 Å². The zero-order chi connectivity index (χ0) is 23.4. The molecule has 0 saturated heterocycles. The van der Waals surface area contributed by atoms with E-state index in [1.165, 1.54) is 13.8 Å². The van der Waals surface area contributed by atoms with Gasteiger partial charge in [0.2, 0.25) is 0 Å². The van der Waals surface area contributed by atoms with E-state index in [9.17, 15) is 52.7 Å². The van der Waals surface area contributed by atoms with Crippen molar-refractivity contribution in [3.8, 4) is 0 Å². The van der Waals surface area contributed by atoms with Gasteiger partial charge < -0.3 is 4.43 Å². The van der Waals surface area contributed by atoms with Crippen LogP contribution in [0.5, 0.6) is 0 Å². The Kier molecular flexibility index (Phi) is 9.43. The lowest BCUT2D eigenvalue weighted by Crippen LogP contribution is -2.70. The second kappa shape index (κ2) is 9.65. The fourth-order valence-electron chi connectivity index (χ4n) is 2.31. The van der Waals surface area contributed by atoms with E-state index in [1.807, 2.05) is 0 Å². The van der Waals surface area contributed by atoms with Crippen LogP contribution in [-0.2, 0) is 4.43 Å². The van der Waals surface area contributed by atoms with Gasteiger partial charge in [-0.1, -0.05) is 19.8 Å². The highest BCUT2D eigenvalue weighted by atomic mass is 28.2. The molecule has 29 heavy (non-hydrogen) atoms. The monoisotopic (exact) mass is 474 g/mol. The molecule has 0 rings (SSSR count). The van der Waals surface area contributed by atoms with Gasteiger partial charge in [0.05, 0.1) is 0 Å². The largest absolute Gasteiger partial charge is 0.424 e. The van der Waals surface area contributed by atoms with Crippen molar-refractivity contribution in [2.45, 2.75) is 87.5 Å².